The molecule has 0 bridgehead atoms. The van der Waals surface area contributed by atoms with Crippen LogP contribution in [0.5, 0.6) is 0 Å². The number of likely N-dealkylation sites (tertiary alicyclic amines) is 1. The third-order valence-electron chi connectivity index (χ3n) is 8.55. The number of carbonyl (C=O) groups excluding carboxylic acids is 1. The smallest absolute Gasteiger partial charge is 0.254 e. The molecule has 0 unspecified atom stereocenters. The Labute approximate surface area is 245 Å². The van der Waals surface area contributed by atoms with Gasteiger partial charge >= 0.3 is 0 Å². The lowest BCUT2D eigenvalue weighted by atomic mass is 9.78. The molecule has 0 aliphatic carbocycles. The molecule has 1 saturated heterocycles. The Morgan fingerprint density at radius 1 is 1.12 bits per heavy atom. The van der Waals surface area contributed by atoms with Crippen molar-refractivity contribution in [3.05, 3.63) is 66.1 Å². The Kier molecular flexibility index (Phi) is 8.58. The van der Waals surface area contributed by atoms with Crippen molar-refractivity contribution in [3.8, 4) is 11.3 Å². The van der Waals surface area contributed by atoms with Crippen molar-refractivity contribution in [3.63, 3.8) is 0 Å². The van der Waals surface area contributed by atoms with Crippen molar-refractivity contribution in [2.75, 3.05) is 51.0 Å². The Bertz CT molecular complexity index is 1560. The molecule has 220 valence electrons. The summed E-state index contributed by atoms with van der Waals surface area (Å²) in [6.45, 7) is 6.90. The molecule has 11 heteroatoms. The van der Waals surface area contributed by atoms with Gasteiger partial charge in [-0.3, -0.25) is 9.78 Å². The lowest BCUT2D eigenvalue weighted by Gasteiger charge is -2.35. The van der Waals surface area contributed by atoms with Crippen LogP contribution in [0.25, 0.3) is 22.2 Å². The predicted molar refractivity (Wildman–Crippen MR) is 163 cm³/mol. The standard InChI is InChI=1S/C31H38FN9O/c1-6-31(2,23-9-7-8-22-27(29(42)33-3)24(32)17-34-28(22)23)18-37-26-14-25(38-19-39-26)20-15-35-30(36-16-20)41(5)21-10-12-40(4)13-11-21/h7-9,14-17,19,21H,6,10-13,18H2,1-5H3,(H,33,42)(H,37,38,39)/t31-/m0/s1. The largest absolute Gasteiger partial charge is 0.369 e. The number of pyridine rings is 1. The number of rotatable bonds is 9. The van der Waals surface area contributed by atoms with Crippen LogP contribution in [0.3, 0.4) is 0 Å². The Balaban J connectivity index is 1.34. The molecule has 0 spiro atoms. The average Bonchev–Trinajstić information content (AvgIpc) is 3.03. The highest BCUT2D eigenvalue weighted by molar-refractivity contribution is 6.06. The fraction of sp³-hybridized carbons (Fsp3) is 0.419. The first kappa shape index (κ1) is 29.2. The lowest BCUT2D eigenvalue weighted by Crippen LogP contribution is -2.42. The van der Waals surface area contributed by atoms with Crippen LogP contribution in [0.1, 0.15) is 49.0 Å². The third-order valence-corrected chi connectivity index (χ3v) is 8.55. The first-order valence-electron chi connectivity index (χ1n) is 14.3. The molecule has 0 saturated carbocycles. The van der Waals surface area contributed by atoms with Crippen LogP contribution in [0.2, 0.25) is 0 Å². The van der Waals surface area contributed by atoms with Gasteiger partial charge in [0.1, 0.15) is 12.1 Å². The van der Waals surface area contributed by atoms with Crippen molar-refractivity contribution in [1.29, 1.82) is 0 Å². The van der Waals surface area contributed by atoms with Gasteiger partial charge in [0, 0.05) is 61.5 Å². The summed E-state index contributed by atoms with van der Waals surface area (Å²) >= 11 is 0. The number of nitrogens with zero attached hydrogens (tertiary/aromatic N) is 7. The topological polar surface area (TPSA) is 112 Å². The SMILES string of the molecule is CC[C@@](C)(CNc1cc(-c2cnc(N(C)C3CCN(C)CC3)nc2)ncn1)c1cccc2c(C(=O)NC)c(F)cnc12. The number of halogens is 1. The second kappa shape index (κ2) is 12.3. The van der Waals surface area contributed by atoms with Crippen LogP contribution in [0.4, 0.5) is 16.2 Å². The summed E-state index contributed by atoms with van der Waals surface area (Å²) in [6, 6.07) is 7.88. The van der Waals surface area contributed by atoms with E-state index in [0.717, 1.165) is 55.4 Å². The highest BCUT2D eigenvalue weighted by Crippen LogP contribution is 2.34. The minimum atomic E-state index is -0.644. The van der Waals surface area contributed by atoms with Gasteiger partial charge < -0.3 is 20.4 Å². The summed E-state index contributed by atoms with van der Waals surface area (Å²) in [7, 11) is 5.70. The van der Waals surface area contributed by atoms with Crippen LogP contribution in [-0.4, -0.2) is 82.5 Å². The molecule has 1 aliphatic rings. The number of benzene rings is 1. The first-order valence-corrected chi connectivity index (χ1v) is 14.3. The number of hydrogen-bond donors (Lipinski definition) is 2. The average molecular weight is 572 g/mol. The van der Waals surface area contributed by atoms with E-state index < -0.39 is 17.1 Å². The lowest BCUT2D eigenvalue weighted by molar-refractivity contribution is 0.0960. The molecule has 0 radical (unpaired) electrons. The summed E-state index contributed by atoms with van der Waals surface area (Å²) in [5.41, 5.74) is 2.67. The van der Waals surface area contributed by atoms with E-state index in [2.05, 4.69) is 73.3 Å². The van der Waals surface area contributed by atoms with Crippen molar-refractivity contribution >= 4 is 28.6 Å². The molecule has 3 aromatic heterocycles. The zero-order valence-corrected chi connectivity index (χ0v) is 24.9. The number of fused-ring (bicyclic) bond motifs is 1. The Morgan fingerprint density at radius 2 is 1.86 bits per heavy atom. The number of piperidine rings is 1. The molecule has 2 N–H and O–H groups in total. The summed E-state index contributed by atoms with van der Waals surface area (Å²) in [5, 5.41) is 6.48. The van der Waals surface area contributed by atoms with E-state index in [-0.39, 0.29) is 5.56 Å². The van der Waals surface area contributed by atoms with E-state index in [9.17, 15) is 9.18 Å². The van der Waals surface area contributed by atoms with Crippen LogP contribution in [-0.2, 0) is 5.41 Å². The van der Waals surface area contributed by atoms with E-state index in [0.29, 0.717) is 35.3 Å². The minimum absolute atomic E-state index is 0.00183. The molecule has 5 rings (SSSR count). The number of amides is 1. The molecule has 1 atom stereocenters. The molecule has 4 heterocycles. The highest BCUT2D eigenvalue weighted by Gasteiger charge is 2.29. The van der Waals surface area contributed by atoms with Gasteiger partial charge in [0.15, 0.2) is 5.82 Å². The van der Waals surface area contributed by atoms with Crippen molar-refractivity contribution in [2.45, 2.75) is 44.6 Å². The monoisotopic (exact) mass is 571 g/mol. The van der Waals surface area contributed by atoms with Gasteiger partial charge in [-0.25, -0.2) is 24.3 Å². The molecule has 1 aliphatic heterocycles. The van der Waals surface area contributed by atoms with Gasteiger partial charge in [-0.05, 0) is 45.0 Å². The number of aromatic nitrogens is 5. The molecule has 10 nitrogen and oxygen atoms in total. The molecule has 4 aromatic rings. The van der Waals surface area contributed by atoms with E-state index in [1.54, 1.807) is 18.5 Å². The fourth-order valence-corrected chi connectivity index (χ4v) is 5.53. The molecule has 1 fully saturated rings. The number of para-hydroxylation sites is 1. The van der Waals surface area contributed by atoms with E-state index in [1.165, 1.54) is 13.4 Å². The Morgan fingerprint density at radius 3 is 2.55 bits per heavy atom. The number of nitrogens with one attached hydrogen (secondary N) is 2. The summed E-state index contributed by atoms with van der Waals surface area (Å²) < 4.78 is 14.6. The predicted octanol–water partition coefficient (Wildman–Crippen LogP) is 4.29. The van der Waals surface area contributed by atoms with Crippen LogP contribution < -0.4 is 15.5 Å². The normalized spacial score (nSPS) is 15.8. The quantitative estimate of drug-likeness (QED) is 0.304. The summed E-state index contributed by atoms with van der Waals surface area (Å²) in [6.07, 6.45) is 9.22. The maximum atomic E-state index is 14.6. The second-order valence-corrected chi connectivity index (χ2v) is 11.2. The molecular formula is C31H38FN9O. The fourth-order valence-electron chi connectivity index (χ4n) is 5.53. The third kappa shape index (κ3) is 5.87. The van der Waals surface area contributed by atoms with Gasteiger partial charge in [0.05, 0.1) is 23.0 Å². The van der Waals surface area contributed by atoms with Crippen LogP contribution in [0, 0.1) is 5.82 Å². The van der Waals surface area contributed by atoms with Crippen molar-refractivity contribution < 1.29 is 9.18 Å². The summed E-state index contributed by atoms with van der Waals surface area (Å²) in [5.74, 6) is 0.252. The first-order chi connectivity index (χ1) is 20.2. The zero-order chi connectivity index (χ0) is 29.9. The van der Waals surface area contributed by atoms with Crippen LogP contribution >= 0.6 is 0 Å². The summed E-state index contributed by atoms with van der Waals surface area (Å²) in [4.78, 5) is 39.5. The molecular weight excluding hydrogens is 533 g/mol. The second-order valence-electron chi connectivity index (χ2n) is 11.2. The van der Waals surface area contributed by atoms with Gasteiger partial charge in [-0.15, -0.1) is 0 Å². The van der Waals surface area contributed by atoms with Crippen molar-refractivity contribution in [2.24, 2.45) is 0 Å². The number of anilines is 2. The number of hydrogen-bond acceptors (Lipinski definition) is 9. The van der Waals surface area contributed by atoms with E-state index >= 15 is 0 Å². The molecule has 42 heavy (non-hydrogen) atoms. The van der Waals surface area contributed by atoms with Gasteiger partial charge in [-0.1, -0.05) is 32.0 Å². The molecule has 1 aromatic carbocycles. The van der Waals surface area contributed by atoms with E-state index in [1.807, 2.05) is 18.2 Å². The van der Waals surface area contributed by atoms with Gasteiger partial charge in [0.2, 0.25) is 5.95 Å². The number of carbonyl (C=O) groups is 1. The molecule has 1 amide bonds. The highest BCUT2D eigenvalue weighted by atomic mass is 19.1. The maximum Gasteiger partial charge on any atom is 0.254 e. The Hall–Kier alpha value is -4.25. The minimum Gasteiger partial charge on any atom is -0.369 e. The van der Waals surface area contributed by atoms with Crippen molar-refractivity contribution in [1.82, 2.24) is 35.1 Å². The van der Waals surface area contributed by atoms with Crippen LogP contribution in [0.15, 0.2) is 49.2 Å². The maximum absolute atomic E-state index is 14.6. The zero-order valence-electron chi connectivity index (χ0n) is 24.9. The van der Waals surface area contributed by atoms with Gasteiger partial charge in [-0.2, -0.15) is 0 Å². The van der Waals surface area contributed by atoms with Gasteiger partial charge in [0.25, 0.3) is 5.91 Å². The van der Waals surface area contributed by atoms with E-state index in [4.69, 9.17) is 0 Å².